The van der Waals surface area contributed by atoms with E-state index in [1.807, 2.05) is 12.1 Å². The number of esters is 1. The minimum absolute atomic E-state index is 0.00200. The second-order valence-electron chi connectivity index (χ2n) is 7.07. The van der Waals surface area contributed by atoms with Gasteiger partial charge in [-0.2, -0.15) is 5.10 Å². The number of nitrogens with zero attached hydrogens (tertiary/aromatic N) is 2. The summed E-state index contributed by atoms with van der Waals surface area (Å²) in [5, 5.41) is 16.4. The van der Waals surface area contributed by atoms with Gasteiger partial charge >= 0.3 is 5.97 Å². The van der Waals surface area contributed by atoms with Crippen LogP contribution in [0.2, 0.25) is 5.02 Å². The molecule has 1 unspecified atom stereocenters. The van der Waals surface area contributed by atoms with Crippen molar-refractivity contribution in [3.05, 3.63) is 88.3 Å². The first-order chi connectivity index (χ1) is 14.9. The number of hydrogen-bond donors (Lipinski definition) is 1. The zero-order valence-electron chi connectivity index (χ0n) is 16.6. The third kappa shape index (κ3) is 4.32. The molecule has 0 aliphatic carbocycles. The quantitative estimate of drug-likeness (QED) is 0.593. The smallest absolute Gasteiger partial charge is 0.342 e. The maximum atomic E-state index is 12.9. The standard InChI is InChI=1S/C23H19ClN2O5/c1-14-4-2-5-17(22(14)28)23(29)31-13-21(27)26-19(20-6-3-11-30-20)12-18(25-26)15-7-9-16(24)10-8-15/h2-11,19,28H,12-13H2,1H3. The van der Waals surface area contributed by atoms with Crippen LogP contribution in [0.4, 0.5) is 0 Å². The van der Waals surface area contributed by atoms with Crippen molar-refractivity contribution in [2.75, 3.05) is 6.61 Å². The van der Waals surface area contributed by atoms with Crippen molar-refractivity contribution in [2.45, 2.75) is 19.4 Å². The molecule has 1 amide bonds. The number of aromatic hydroxyl groups is 1. The van der Waals surface area contributed by atoms with Gasteiger partial charge in [0.2, 0.25) is 0 Å². The topological polar surface area (TPSA) is 92.3 Å². The summed E-state index contributed by atoms with van der Waals surface area (Å²) in [6.45, 7) is 1.14. The second kappa shape index (κ2) is 8.65. The summed E-state index contributed by atoms with van der Waals surface area (Å²) in [6, 6.07) is 14.9. The van der Waals surface area contributed by atoms with Crippen LogP contribution in [-0.2, 0) is 9.53 Å². The normalized spacial score (nSPS) is 15.6. The minimum Gasteiger partial charge on any atom is -0.507 e. The van der Waals surface area contributed by atoms with Gasteiger partial charge in [0.1, 0.15) is 23.1 Å². The Morgan fingerprint density at radius 3 is 2.68 bits per heavy atom. The molecule has 3 aromatic rings. The lowest BCUT2D eigenvalue weighted by Crippen LogP contribution is -2.31. The maximum Gasteiger partial charge on any atom is 0.342 e. The number of amides is 1. The Kier molecular flexibility index (Phi) is 5.77. The van der Waals surface area contributed by atoms with Crippen LogP contribution in [0.3, 0.4) is 0 Å². The molecule has 0 bridgehead atoms. The number of carbonyl (C=O) groups is 2. The van der Waals surface area contributed by atoms with Crippen LogP contribution in [0, 0.1) is 6.92 Å². The van der Waals surface area contributed by atoms with Gasteiger partial charge in [0.25, 0.3) is 5.91 Å². The van der Waals surface area contributed by atoms with Gasteiger partial charge in [-0.25, -0.2) is 9.80 Å². The van der Waals surface area contributed by atoms with Crippen molar-refractivity contribution in [2.24, 2.45) is 5.10 Å². The van der Waals surface area contributed by atoms with E-state index < -0.39 is 24.5 Å². The summed E-state index contributed by atoms with van der Waals surface area (Å²) in [7, 11) is 0. The fraction of sp³-hybridized carbons (Fsp3) is 0.174. The number of hydrogen-bond acceptors (Lipinski definition) is 6. The lowest BCUT2D eigenvalue weighted by atomic mass is 10.0. The fourth-order valence-corrected chi connectivity index (χ4v) is 3.48. The van der Waals surface area contributed by atoms with Crippen LogP contribution in [0.25, 0.3) is 0 Å². The van der Waals surface area contributed by atoms with Gasteiger partial charge in [0.15, 0.2) is 6.61 Å². The Balaban J connectivity index is 1.52. The first-order valence-electron chi connectivity index (χ1n) is 9.58. The highest BCUT2D eigenvalue weighted by Gasteiger charge is 2.35. The molecule has 8 heteroatoms. The van der Waals surface area contributed by atoms with Crippen LogP contribution in [-0.4, -0.2) is 34.3 Å². The van der Waals surface area contributed by atoms with E-state index in [4.69, 9.17) is 20.8 Å². The molecule has 1 aromatic heterocycles. The van der Waals surface area contributed by atoms with Crippen LogP contribution >= 0.6 is 11.6 Å². The largest absolute Gasteiger partial charge is 0.507 e. The van der Waals surface area contributed by atoms with E-state index in [1.54, 1.807) is 43.3 Å². The van der Waals surface area contributed by atoms with E-state index in [2.05, 4.69) is 5.10 Å². The molecular formula is C23H19ClN2O5. The Bertz CT molecular complexity index is 1140. The van der Waals surface area contributed by atoms with Gasteiger partial charge in [-0.15, -0.1) is 0 Å². The molecule has 4 rings (SSSR count). The van der Waals surface area contributed by atoms with Gasteiger partial charge in [0.05, 0.1) is 12.0 Å². The summed E-state index contributed by atoms with van der Waals surface area (Å²) < 4.78 is 10.6. The Labute approximate surface area is 183 Å². The number of phenolic OH excluding ortho intramolecular Hbond substituents is 1. The summed E-state index contributed by atoms with van der Waals surface area (Å²) in [4.78, 5) is 25.2. The number of ether oxygens (including phenoxy) is 1. The molecular weight excluding hydrogens is 420 g/mol. The number of phenols is 1. The molecule has 2 heterocycles. The predicted molar refractivity (Wildman–Crippen MR) is 114 cm³/mol. The minimum atomic E-state index is -0.787. The number of rotatable bonds is 5. The third-order valence-corrected chi connectivity index (χ3v) is 5.25. The van der Waals surface area contributed by atoms with Crippen LogP contribution in [0.1, 0.15) is 39.7 Å². The molecule has 158 valence electrons. The molecule has 0 spiro atoms. The van der Waals surface area contributed by atoms with Crippen LogP contribution < -0.4 is 0 Å². The van der Waals surface area contributed by atoms with Gasteiger partial charge in [-0.1, -0.05) is 35.9 Å². The van der Waals surface area contributed by atoms with E-state index in [-0.39, 0.29) is 11.3 Å². The number of hydrazone groups is 1. The van der Waals surface area contributed by atoms with E-state index in [1.165, 1.54) is 17.3 Å². The highest BCUT2D eigenvalue weighted by molar-refractivity contribution is 6.30. The van der Waals surface area contributed by atoms with Gasteiger partial charge < -0.3 is 14.3 Å². The first kappa shape index (κ1) is 20.7. The van der Waals surface area contributed by atoms with E-state index in [0.29, 0.717) is 28.5 Å². The molecule has 0 radical (unpaired) electrons. The van der Waals surface area contributed by atoms with E-state index in [0.717, 1.165) is 5.56 Å². The SMILES string of the molecule is Cc1cccc(C(=O)OCC(=O)N2N=C(c3ccc(Cl)cc3)CC2c2ccco2)c1O. The third-order valence-electron chi connectivity index (χ3n) is 5.00. The lowest BCUT2D eigenvalue weighted by Gasteiger charge is -2.19. The van der Waals surface area contributed by atoms with Crippen LogP contribution in [0.5, 0.6) is 5.75 Å². The average Bonchev–Trinajstić information content (AvgIpc) is 3.44. The molecule has 0 saturated heterocycles. The summed E-state index contributed by atoms with van der Waals surface area (Å²) in [6.07, 6.45) is 1.96. The van der Waals surface area contributed by atoms with Crippen molar-refractivity contribution < 1.29 is 23.8 Å². The van der Waals surface area contributed by atoms with Crippen molar-refractivity contribution in [1.29, 1.82) is 0 Å². The molecule has 1 N–H and O–H groups in total. The highest BCUT2D eigenvalue weighted by Crippen LogP contribution is 2.33. The summed E-state index contributed by atoms with van der Waals surface area (Å²) in [5.74, 6) is -0.891. The molecule has 31 heavy (non-hydrogen) atoms. The van der Waals surface area contributed by atoms with Crippen molar-refractivity contribution in [1.82, 2.24) is 5.01 Å². The first-order valence-corrected chi connectivity index (χ1v) is 9.96. The lowest BCUT2D eigenvalue weighted by molar-refractivity contribution is -0.136. The summed E-state index contributed by atoms with van der Waals surface area (Å²) in [5.41, 5.74) is 2.06. The monoisotopic (exact) mass is 438 g/mol. The predicted octanol–water partition coefficient (Wildman–Crippen LogP) is 4.48. The van der Waals surface area contributed by atoms with Gasteiger partial charge in [-0.3, -0.25) is 4.79 Å². The maximum absolute atomic E-state index is 12.9. The van der Waals surface area contributed by atoms with Crippen LogP contribution in [0.15, 0.2) is 70.4 Å². The van der Waals surface area contributed by atoms with Crippen molar-refractivity contribution in [3.8, 4) is 5.75 Å². The van der Waals surface area contributed by atoms with Crippen molar-refractivity contribution >= 4 is 29.2 Å². The summed E-state index contributed by atoms with van der Waals surface area (Å²) >= 11 is 5.96. The number of halogens is 1. The zero-order valence-corrected chi connectivity index (χ0v) is 17.4. The number of furan rings is 1. The molecule has 0 saturated carbocycles. The molecule has 7 nitrogen and oxygen atoms in total. The Morgan fingerprint density at radius 1 is 1.19 bits per heavy atom. The van der Waals surface area contributed by atoms with Crippen molar-refractivity contribution in [3.63, 3.8) is 0 Å². The number of para-hydroxylation sites is 1. The van der Waals surface area contributed by atoms with E-state index in [9.17, 15) is 14.7 Å². The Morgan fingerprint density at radius 2 is 1.97 bits per heavy atom. The molecule has 1 atom stereocenters. The average molecular weight is 439 g/mol. The number of aryl methyl sites for hydroxylation is 1. The molecule has 1 aliphatic rings. The number of benzene rings is 2. The van der Waals surface area contributed by atoms with Gasteiger partial charge in [-0.05, 0) is 48.4 Å². The fourth-order valence-electron chi connectivity index (χ4n) is 3.35. The number of carbonyl (C=O) groups excluding carboxylic acids is 2. The van der Waals surface area contributed by atoms with Gasteiger partial charge in [0, 0.05) is 11.4 Å². The molecule has 0 fully saturated rings. The second-order valence-corrected chi connectivity index (χ2v) is 7.51. The molecule has 1 aliphatic heterocycles. The Hall–Kier alpha value is -3.58. The molecule has 2 aromatic carbocycles. The van der Waals surface area contributed by atoms with E-state index >= 15 is 0 Å². The zero-order chi connectivity index (χ0) is 22.0. The highest BCUT2D eigenvalue weighted by atomic mass is 35.5.